The third-order valence-corrected chi connectivity index (χ3v) is 11.0. The standard InChI is InChI=1S/C27H45O3P/c1-18(2)7-6-8-19(3)23-11-12-24-22-10-9-20-17-21(30-31(28)29)13-15-26(20,4)25(22)14-16-27(23,24)5/h9,18-19,21-25H,6-8,10-17H2,1-5H3/p+1/t19-,21?,22+,23-,24+,25+,26+,27-/m1/s1. The fourth-order valence-electron chi connectivity index (χ4n) is 8.87. The van der Waals surface area contributed by atoms with Gasteiger partial charge in [0.15, 0.2) is 0 Å². The number of rotatable bonds is 7. The first-order valence-electron chi connectivity index (χ1n) is 13.2. The molecule has 0 heterocycles. The van der Waals surface area contributed by atoms with Gasteiger partial charge in [0.1, 0.15) is 6.10 Å². The largest absolute Gasteiger partial charge is 0.695 e. The number of allylic oxidation sites excluding steroid dienone is 1. The summed E-state index contributed by atoms with van der Waals surface area (Å²) in [6.45, 7) is 12.4. The maximum atomic E-state index is 11.2. The molecule has 0 aromatic rings. The first-order valence-corrected chi connectivity index (χ1v) is 14.3. The molecule has 0 bridgehead atoms. The second kappa shape index (κ2) is 9.19. The van der Waals surface area contributed by atoms with E-state index in [0.717, 1.165) is 54.8 Å². The molecule has 3 saturated carbocycles. The summed E-state index contributed by atoms with van der Waals surface area (Å²) in [5.41, 5.74) is 2.35. The minimum Gasteiger partial charge on any atom is -0.133 e. The van der Waals surface area contributed by atoms with E-state index in [1.54, 1.807) is 0 Å². The van der Waals surface area contributed by atoms with Crippen molar-refractivity contribution in [3.05, 3.63) is 11.6 Å². The van der Waals surface area contributed by atoms with E-state index in [0.29, 0.717) is 5.41 Å². The Morgan fingerprint density at radius 1 is 1.10 bits per heavy atom. The van der Waals surface area contributed by atoms with Crippen molar-refractivity contribution in [3.63, 3.8) is 0 Å². The molecular weight excluding hydrogens is 403 g/mol. The Kier molecular flexibility index (Phi) is 7.08. The highest BCUT2D eigenvalue weighted by atomic mass is 31.1. The first-order chi connectivity index (χ1) is 14.6. The molecule has 9 atom stereocenters. The van der Waals surface area contributed by atoms with E-state index in [-0.39, 0.29) is 11.5 Å². The average molecular weight is 450 g/mol. The summed E-state index contributed by atoms with van der Waals surface area (Å²) in [7, 11) is -2.49. The molecule has 3 fully saturated rings. The highest BCUT2D eigenvalue weighted by Crippen LogP contribution is 2.67. The van der Waals surface area contributed by atoms with E-state index < -0.39 is 8.25 Å². The van der Waals surface area contributed by atoms with Crippen LogP contribution in [0.2, 0.25) is 0 Å². The van der Waals surface area contributed by atoms with Crippen LogP contribution < -0.4 is 0 Å². The van der Waals surface area contributed by atoms with Crippen LogP contribution in [0.1, 0.15) is 105 Å². The summed E-state index contributed by atoms with van der Waals surface area (Å²) >= 11 is 0. The third kappa shape index (κ3) is 4.45. The lowest BCUT2D eigenvalue weighted by molar-refractivity contribution is -0.0560. The Labute approximate surface area is 191 Å². The molecule has 31 heavy (non-hydrogen) atoms. The summed E-state index contributed by atoms with van der Waals surface area (Å²) in [5, 5.41) is 0. The monoisotopic (exact) mass is 449 g/mol. The van der Waals surface area contributed by atoms with Gasteiger partial charge in [-0.05, 0) is 91.3 Å². The van der Waals surface area contributed by atoms with Gasteiger partial charge in [0.05, 0.1) is 0 Å². The Balaban J connectivity index is 1.47. The number of hydrogen-bond donors (Lipinski definition) is 1. The van der Waals surface area contributed by atoms with Gasteiger partial charge in [-0.1, -0.05) is 65.5 Å². The van der Waals surface area contributed by atoms with E-state index >= 15 is 0 Å². The van der Waals surface area contributed by atoms with Crippen LogP contribution in [0.4, 0.5) is 0 Å². The molecule has 4 rings (SSSR count). The van der Waals surface area contributed by atoms with Crippen LogP contribution in [0, 0.1) is 46.3 Å². The van der Waals surface area contributed by atoms with Crippen molar-refractivity contribution in [1.29, 1.82) is 0 Å². The lowest BCUT2D eigenvalue weighted by atomic mass is 9.47. The zero-order valence-corrected chi connectivity index (χ0v) is 21.5. The van der Waals surface area contributed by atoms with Gasteiger partial charge >= 0.3 is 8.25 Å². The van der Waals surface area contributed by atoms with Gasteiger partial charge in [0, 0.05) is 11.0 Å². The maximum absolute atomic E-state index is 11.2. The minimum atomic E-state index is -2.49. The van der Waals surface area contributed by atoms with Gasteiger partial charge < -0.3 is 0 Å². The predicted octanol–water partition coefficient (Wildman–Crippen LogP) is 8.06. The molecule has 0 aromatic heterocycles. The van der Waals surface area contributed by atoms with Gasteiger partial charge in [0.25, 0.3) is 0 Å². The molecule has 0 amide bonds. The lowest BCUT2D eigenvalue weighted by Crippen LogP contribution is -2.50. The molecule has 1 N–H and O–H groups in total. The van der Waals surface area contributed by atoms with Crippen LogP contribution in [-0.4, -0.2) is 11.0 Å². The second-order valence-electron chi connectivity index (χ2n) is 12.5. The summed E-state index contributed by atoms with van der Waals surface area (Å²) in [5.74, 6) is 5.13. The van der Waals surface area contributed by atoms with E-state index in [4.69, 9.17) is 4.52 Å². The predicted molar refractivity (Wildman–Crippen MR) is 128 cm³/mol. The van der Waals surface area contributed by atoms with E-state index in [9.17, 15) is 9.46 Å². The van der Waals surface area contributed by atoms with Crippen LogP contribution in [-0.2, 0) is 9.09 Å². The van der Waals surface area contributed by atoms with Crippen molar-refractivity contribution in [2.24, 2.45) is 46.3 Å². The van der Waals surface area contributed by atoms with Gasteiger partial charge in [-0.15, -0.1) is 9.42 Å². The smallest absolute Gasteiger partial charge is 0.133 e. The SMILES string of the molecule is CC(C)CCC[C@@H](C)[C@H]1CC[C@H]2[C@@H]3CC=C4CC(O[P+](=O)O)CC[C@]4(C)[C@H]3CC[C@]12C. The van der Waals surface area contributed by atoms with Gasteiger partial charge in [-0.2, -0.15) is 0 Å². The second-order valence-corrected chi connectivity index (χ2v) is 13.2. The normalized spacial score (nSPS) is 43.6. The average Bonchev–Trinajstić information content (AvgIpc) is 3.05. The highest BCUT2D eigenvalue weighted by molar-refractivity contribution is 7.32. The summed E-state index contributed by atoms with van der Waals surface area (Å²) < 4.78 is 16.5. The molecule has 3 nitrogen and oxygen atoms in total. The third-order valence-electron chi connectivity index (χ3n) is 10.5. The van der Waals surface area contributed by atoms with Crippen molar-refractivity contribution >= 4 is 8.25 Å². The van der Waals surface area contributed by atoms with Crippen LogP contribution in [0.5, 0.6) is 0 Å². The van der Waals surface area contributed by atoms with Gasteiger partial charge in [-0.25, -0.2) is 0 Å². The molecule has 0 aliphatic heterocycles. The Bertz CT molecular complexity index is 703. The first kappa shape index (κ1) is 23.9. The highest BCUT2D eigenvalue weighted by Gasteiger charge is 2.59. The zero-order valence-electron chi connectivity index (χ0n) is 20.6. The molecule has 0 aromatic carbocycles. The Morgan fingerprint density at radius 2 is 1.87 bits per heavy atom. The van der Waals surface area contributed by atoms with E-state index in [2.05, 4.69) is 40.7 Å². The van der Waals surface area contributed by atoms with Crippen LogP contribution in [0.3, 0.4) is 0 Å². The fraction of sp³-hybridized carbons (Fsp3) is 0.926. The molecule has 4 aliphatic rings. The van der Waals surface area contributed by atoms with Gasteiger partial charge in [-0.3, -0.25) is 0 Å². The molecule has 4 heteroatoms. The number of hydrogen-bond acceptors (Lipinski definition) is 2. The van der Waals surface area contributed by atoms with Crippen molar-refractivity contribution in [3.8, 4) is 0 Å². The van der Waals surface area contributed by atoms with E-state index in [1.807, 2.05) is 0 Å². The molecule has 4 aliphatic carbocycles. The summed E-state index contributed by atoms with van der Waals surface area (Å²) in [4.78, 5) is 9.20. The number of fused-ring (bicyclic) bond motifs is 5. The zero-order chi connectivity index (χ0) is 22.4. The van der Waals surface area contributed by atoms with E-state index in [1.165, 1.54) is 56.9 Å². The molecule has 0 saturated heterocycles. The van der Waals surface area contributed by atoms with Crippen molar-refractivity contribution in [2.75, 3.05) is 0 Å². The summed E-state index contributed by atoms with van der Waals surface area (Å²) in [6, 6.07) is 0. The van der Waals surface area contributed by atoms with Crippen LogP contribution in [0.15, 0.2) is 11.6 Å². The molecule has 176 valence electrons. The quantitative estimate of drug-likeness (QED) is 0.316. The van der Waals surface area contributed by atoms with Crippen molar-refractivity contribution < 1.29 is 14.0 Å². The van der Waals surface area contributed by atoms with Crippen LogP contribution >= 0.6 is 8.25 Å². The maximum Gasteiger partial charge on any atom is 0.695 e. The lowest BCUT2D eigenvalue weighted by Gasteiger charge is -2.58. The van der Waals surface area contributed by atoms with Crippen molar-refractivity contribution in [2.45, 2.75) is 111 Å². The van der Waals surface area contributed by atoms with Crippen molar-refractivity contribution in [1.82, 2.24) is 0 Å². The molecular formula is C27H46O3P+. The fourth-order valence-corrected chi connectivity index (χ4v) is 9.30. The van der Waals surface area contributed by atoms with Gasteiger partial charge in [0.2, 0.25) is 0 Å². The molecule has 0 radical (unpaired) electrons. The molecule has 0 spiro atoms. The summed E-state index contributed by atoms with van der Waals surface area (Å²) in [6.07, 6.45) is 16.4. The minimum absolute atomic E-state index is 0.0686. The molecule has 2 unspecified atom stereocenters. The Hall–Kier alpha value is -0.240. The van der Waals surface area contributed by atoms with Crippen LogP contribution in [0.25, 0.3) is 0 Å². The Morgan fingerprint density at radius 3 is 2.58 bits per heavy atom. The topological polar surface area (TPSA) is 46.5 Å².